The molecule has 9 heavy (non-hydrogen) atoms. The second-order valence-corrected chi connectivity index (χ2v) is 3.11. The second kappa shape index (κ2) is 1.45. The molecule has 1 spiro atoms. The van der Waals surface area contributed by atoms with Gasteiger partial charge in [-0.05, 0) is 12.8 Å². The van der Waals surface area contributed by atoms with Crippen molar-refractivity contribution in [1.29, 1.82) is 0 Å². The smallest absolute Gasteiger partial charge is 0.187 e. The molecular formula is C6H9F2N. The van der Waals surface area contributed by atoms with E-state index >= 15 is 0 Å². The zero-order chi connectivity index (χ0) is 6.48. The number of hydrogen-bond acceptors (Lipinski definition) is 1. The Bertz CT molecular complexity index is 133. The number of nitrogens with zero attached hydrogens (tertiary/aromatic N) is 1. The van der Waals surface area contributed by atoms with E-state index in [-0.39, 0.29) is 5.41 Å². The maximum atomic E-state index is 12.6. The fourth-order valence-corrected chi connectivity index (χ4v) is 1.67. The van der Waals surface area contributed by atoms with Crippen LogP contribution in [0.5, 0.6) is 0 Å². The Labute approximate surface area is 52.6 Å². The Kier molecular flexibility index (Phi) is 0.903. The van der Waals surface area contributed by atoms with Gasteiger partial charge >= 0.3 is 0 Å². The molecule has 1 aliphatic heterocycles. The highest BCUT2D eigenvalue weighted by Gasteiger charge is 2.57. The van der Waals surface area contributed by atoms with Crippen LogP contribution in [0.15, 0.2) is 0 Å². The Hall–Kier alpha value is -0.180. The first-order valence-corrected chi connectivity index (χ1v) is 3.31. The largest absolute Gasteiger partial charge is 0.227 e. The van der Waals surface area contributed by atoms with Crippen LogP contribution in [0.2, 0.25) is 0 Å². The molecule has 1 aliphatic carbocycles. The standard InChI is InChI=1S/C6H9F2N/c7-5-6(2-1-3-6)4-9(5)8/h5H,1-4H2. The summed E-state index contributed by atoms with van der Waals surface area (Å²) in [4.78, 5) is 0. The van der Waals surface area contributed by atoms with Gasteiger partial charge in [-0.1, -0.05) is 6.42 Å². The van der Waals surface area contributed by atoms with Crippen LogP contribution in [-0.4, -0.2) is 18.0 Å². The van der Waals surface area contributed by atoms with Gasteiger partial charge in [0.1, 0.15) is 0 Å². The van der Waals surface area contributed by atoms with Gasteiger partial charge in [0, 0.05) is 12.0 Å². The first kappa shape index (κ1) is 5.59. The predicted molar refractivity (Wildman–Crippen MR) is 29.0 cm³/mol. The molecule has 1 unspecified atom stereocenters. The summed E-state index contributed by atoms with van der Waals surface area (Å²) in [6.07, 6.45) is 1.56. The van der Waals surface area contributed by atoms with Gasteiger partial charge in [-0.2, -0.15) is 0 Å². The van der Waals surface area contributed by atoms with E-state index in [4.69, 9.17) is 0 Å². The van der Waals surface area contributed by atoms with Gasteiger partial charge in [-0.25, -0.2) is 4.39 Å². The van der Waals surface area contributed by atoms with Crippen molar-refractivity contribution in [2.45, 2.75) is 25.6 Å². The lowest BCUT2D eigenvalue weighted by Crippen LogP contribution is -2.62. The minimum atomic E-state index is -1.29. The van der Waals surface area contributed by atoms with Crippen LogP contribution in [0.25, 0.3) is 0 Å². The normalized spacial score (nSPS) is 40.0. The van der Waals surface area contributed by atoms with Crippen molar-refractivity contribution in [3.63, 3.8) is 0 Å². The maximum absolute atomic E-state index is 12.6. The Morgan fingerprint density at radius 1 is 1.44 bits per heavy atom. The number of hydrogen-bond donors (Lipinski definition) is 0. The molecule has 3 heteroatoms. The molecule has 0 amide bonds. The van der Waals surface area contributed by atoms with Crippen LogP contribution >= 0.6 is 0 Å². The van der Waals surface area contributed by atoms with E-state index < -0.39 is 6.30 Å². The third kappa shape index (κ3) is 0.509. The summed E-state index contributed by atoms with van der Waals surface area (Å²) in [5.41, 5.74) is -0.241. The van der Waals surface area contributed by atoms with Crippen molar-refractivity contribution in [3.8, 4) is 0 Å². The molecule has 2 rings (SSSR count). The van der Waals surface area contributed by atoms with Crippen molar-refractivity contribution in [3.05, 3.63) is 0 Å². The number of rotatable bonds is 0. The van der Waals surface area contributed by atoms with Gasteiger partial charge < -0.3 is 0 Å². The highest BCUT2D eigenvalue weighted by Crippen LogP contribution is 2.53. The summed E-state index contributed by atoms with van der Waals surface area (Å²) in [5, 5.41) is 0.291. The van der Waals surface area contributed by atoms with Crippen molar-refractivity contribution in [2.75, 3.05) is 6.54 Å². The highest BCUT2D eigenvalue weighted by molar-refractivity contribution is 5.01. The molecule has 2 fully saturated rings. The molecule has 0 aromatic heterocycles. The Morgan fingerprint density at radius 3 is 2.22 bits per heavy atom. The molecule has 2 aliphatic rings. The predicted octanol–water partition coefficient (Wildman–Crippen LogP) is 1.65. The third-order valence-corrected chi connectivity index (χ3v) is 2.57. The van der Waals surface area contributed by atoms with Gasteiger partial charge in [0.25, 0.3) is 0 Å². The third-order valence-electron chi connectivity index (χ3n) is 2.57. The van der Waals surface area contributed by atoms with Crippen LogP contribution in [0.4, 0.5) is 8.87 Å². The molecule has 0 bridgehead atoms. The van der Waals surface area contributed by atoms with Crippen LogP contribution in [0.3, 0.4) is 0 Å². The summed E-state index contributed by atoms with van der Waals surface area (Å²) in [7, 11) is 0. The van der Waals surface area contributed by atoms with Crippen LogP contribution in [-0.2, 0) is 0 Å². The molecule has 1 heterocycles. The summed E-state index contributed by atoms with van der Waals surface area (Å²) in [5.74, 6) is 0. The Balaban J connectivity index is 2.02. The van der Waals surface area contributed by atoms with Gasteiger partial charge in [-0.15, -0.1) is 9.60 Å². The van der Waals surface area contributed by atoms with Gasteiger partial charge in [0.2, 0.25) is 0 Å². The van der Waals surface area contributed by atoms with E-state index in [1.54, 1.807) is 0 Å². The maximum Gasteiger partial charge on any atom is 0.187 e. The van der Waals surface area contributed by atoms with Gasteiger partial charge in [0.15, 0.2) is 6.30 Å². The first-order chi connectivity index (χ1) is 4.25. The van der Waals surface area contributed by atoms with E-state index in [0.717, 1.165) is 19.3 Å². The highest BCUT2D eigenvalue weighted by atomic mass is 19.2. The average Bonchev–Trinajstić information content (AvgIpc) is 1.77. The SMILES string of the molecule is FC1N(F)CC12CCC2. The van der Waals surface area contributed by atoms with Crippen LogP contribution in [0.1, 0.15) is 19.3 Å². The first-order valence-electron chi connectivity index (χ1n) is 3.31. The zero-order valence-electron chi connectivity index (χ0n) is 5.11. The lowest BCUT2D eigenvalue weighted by Gasteiger charge is -2.54. The van der Waals surface area contributed by atoms with Crippen LogP contribution in [0, 0.1) is 5.41 Å². The molecule has 0 radical (unpaired) electrons. The van der Waals surface area contributed by atoms with Gasteiger partial charge in [0.05, 0.1) is 0 Å². The number of alkyl halides is 1. The zero-order valence-corrected chi connectivity index (χ0v) is 5.11. The lowest BCUT2D eigenvalue weighted by atomic mass is 9.63. The monoisotopic (exact) mass is 133 g/mol. The van der Waals surface area contributed by atoms with Crippen molar-refractivity contribution < 1.29 is 8.87 Å². The van der Waals surface area contributed by atoms with E-state index in [2.05, 4.69) is 0 Å². The second-order valence-electron chi connectivity index (χ2n) is 3.11. The fourth-order valence-electron chi connectivity index (χ4n) is 1.67. The molecule has 1 atom stereocenters. The number of halogens is 2. The quantitative estimate of drug-likeness (QED) is 0.359. The van der Waals surface area contributed by atoms with E-state index in [1.165, 1.54) is 0 Å². The molecular weight excluding hydrogens is 124 g/mol. The molecule has 1 saturated heterocycles. The summed E-state index contributed by atoms with van der Waals surface area (Å²) in [6, 6.07) is 0. The minimum absolute atomic E-state index is 0.241. The Morgan fingerprint density at radius 2 is 2.11 bits per heavy atom. The van der Waals surface area contributed by atoms with E-state index in [0.29, 0.717) is 11.7 Å². The van der Waals surface area contributed by atoms with E-state index in [1.807, 2.05) is 0 Å². The fraction of sp³-hybridized carbons (Fsp3) is 1.00. The van der Waals surface area contributed by atoms with E-state index in [9.17, 15) is 8.87 Å². The molecule has 1 nitrogen and oxygen atoms in total. The molecule has 0 aromatic rings. The minimum Gasteiger partial charge on any atom is -0.227 e. The summed E-state index contributed by atoms with van der Waals surface area (Å²) in [6.45, 7) is 0.328. The van der Waals surface area contributed by atoms with Gasteiger partial charge in [-0.3, -0.25) is 0 Å². The van der Waals surface area contributed by atoms with Crippen molar-refractivity contribution >= 4 is 0 Å². The summed E-state index contributed by atoms with van der Waals surface area (Å²) < 4.78 is 24.6. The molecule has 52 valence electrons. The molecule has 0 N–H and O–H groups in total. The average molecular weight is 133 g/mol. The molecule has 1 saturated carbocycles. The van der Waals surface area contributed by atoms with Crippen molar-refractivity contribution in [2.24, 2.45) is 5.41 Å². The van der Waals surface area contributed by atoms with Crippen molar-refractivity contribution in [1.82, 2.24) is 5.12 Å². The summed E-state index contributed by atoms with van der Waals surface area (Å²) >= 11 is 0. The van der Waals surface area contributed by atoms with Crippen LogP contribution < -0.4 is 0 Å². The topological polar surface area (TPSA) is 3.24 Å². The lowest BCUT2D eigenvalue weighted by molar-refractivity contribution is -0.270. The molecule has 0 aromatic carbocycles.